The van der Waals surface area contributed by atoms with E-state index in [0.29, 0.717) is 0 Å². The van der Waals surface area contributed by atoms with Gasteiger partial charge in [-0.1, -0.05) is 58.4 Å². The van der Waals surface area contributed by atoms with E-state index < -0.39 is 0 Å². The fourth-order valence-electron chi connectivity index (χ4n) is 1.66. The Morgan fingerprint density at radius 2 is 1.47 bits per heavy atom. The molecule has 0 unspecified atom stereocenters. The third kappa shape index (κ3) is 3.62. The first-order chi connectivity index (χ1) is 8.27. The smallest absolute Gasteiger partial charge is 0.0215 e. The lowest BCUT2D eigenvalue weighted by Crippen LogP contribution is -1.87. The molecule has 0 aromatic heterocycles. The number of thioether (sulfide) groups is 1. The molecule has 0 bridgehead atoms. The maximum atomic E-state index is 3.58. The zero-order chi connectivity index (χ0) is 12.1. The Morgan fingerprint density at radius 1 is 0.882 bits per heavy atom. The molecule has 0 aliphatic carbocycles. The standard InChI is InChI=1S/C15H15BrS/c1-12-6-2-3-7-13(12)10-17-11-14-8-4-5-9-15(14)16/h2-9H,10-11H2,1H3. The first kappa shape index (κ1) is 12.7. The van der Waals surface area contributed by atoms with E-state index in [1.807, 2.05) is 11.8 Å². The molecule has 2 rings (SSSR count). The molecule has 0 radical (unpaired) electrons. The summed E-state index contributed by atoms with van der Waals surface area (Å²) in [6.07, 6.45) is 0. The summed E-state index contributed by atoms with van der Waals surface area (Å²) in [4.78, 5) is 0. The summed E-state index contributed by atoms with van der Waals surface area (Å²) in [6.45, 7) is 2.17. The van der Waals surface area contributed by atoms with Crippen LogP contribution in [0.15, 0.2) is 53.0 Å². The Labute approximate surface area is 116 Å². The second kappa shape index (κ2) is 6.27. The molecule has 2 heteroatoms. The molecular formula is C15H15BrS. The molecule has 0 heterocycles. The normalized spacial score (nSPS) is 10.5. The van der Waals surface area contributed by atoms with Gasteiger partial charge in [-0.2, -0.15) is 11.8 Å². The van der Waals surface area contributed by atoms with Crippen LogP contribution >= 0.6 is 27.7 Å². The zero-order valence-corrected chi connectivity index (χ0v) is 12.2. The maximum absolute atomic E-state index is 3.58. The van der Waals surface area contributed by atoms with E-state index in [1.54, 1.807) is 0 Å². The van der Waals surface area contributed by atoms with Crippen LogP contribution in [0.2, 0.25) is 0 Å². The third-order valence-corrected chi connectivity index (χ3v) is 4.54. The van der Waals surface area contributed by atoms with Gasteiger partial charge in [-0.25, -0.2) is 0 Å². The Morgan fingerprint density at radius 3 is 2.18 bits per heavy atom. The van der Waals surface area contributed by atoms with Crippen LogP contribution in [0.5, 0.6) is 0 Å². The van der Waals surface area contributed by atoms with E-state index in [9.17, 15) is 0 Å². The fourth-order valence-corrected chi connectivity index (χ4v) is 3.39. The van der Waals surface area contributed by atoms with Crippen molar-refractivity contribution >= 4 is 27.7 Å². The van der Waals surface area contributed by atoms with Gasteiger partial charge in [0.05, 0.1) is 0 Å². The van der Waals surface area contributed by atoms with Crippen molar-refractivity contribution in [2.24, 2.45) is 0 Å². The first-order valence-electron chi connectivity index (χ1n) is 5.63. The quantitative estimate of drug-likeness (QED) is 0.749. The van der Waals surface area contributed by atoms with E-state index in [4.69, 9.17) is 0 Å². The molecule has 2 aromatic rings. The van der Waals surface area contributed by atoms with Crippen LogP contribution in [-0.2, 0) is 11.5 Å². The largest absolute Gasteiger partial charge is 0.152 e. The predicted molar refractivity (Wildman–Crippen MR) is 80.3 cm³/mol. The zero-order valence-electron chi connectivity index (χ0n) is 9.82. The Bertz CT molecular complexity index is 448. The van der Waals surface area contributed by atoms with Crippen molar-refractivity contribution in [3.8, 4) is 0 Å². The second-order valence-corrected chi connectivity index (χ2v) is 5.85. The van der Waals surface area contributed by atoms with Crippen molar-refractivity contribution in [3.63, 3.8) is 0 Å². The Hall–Kier alpha value is -0.730. The summed E-state index contributed by atoms with van der Waals surface area (Å²) in [6, 6.07) is 17.0. The van der Waals surface area contributed by atoms with Crippen molar-refractivity contribution in [1.82, 2.24) is 0 Å². The topological polar surface area (TPSA) is 0 Å². The SMILES string of the molecule is Cc1ccccc1CSCc1ccccc1Br. The highest BCUT2D eigenvalue weighted by atomic mass is 79.9. The molecule has 0 spiro atoms. The highest BCUT2D eigenvalue weighted by molar-refractivity contribution is 9.10. The summed E-state index contributed by atoms with van der Waals surface area (Å²) in [7, 11) is 0. The molecule has 88 valence electrons. The first-order valence-corrected chi connectivity index (χ1v) is 7.58. The van der Waals surface area contributed by atoms with Gasteiger partial charge < -0.3 is 0 Å². The van der Waals surface area contributed by atoms with E-state index in [-0.39, 0.29) is 0 Å². The second-order valence-electron chi connectivity index (χ2n) is 4.01. The summed E-state index contributed by atoms with van der Waals surface area (Å²) in [5.74, 6) is 2.13. The summed E-state index contributed by atoms with van der Waals surface area (Å²) in [5.41, 5.74) is 4.18. The van der Waals surface area contributed by atoms with Crippen molar-refractivity contribution in [2.75, 3.05) is 0 Å². The number of aryl methyl sites for hydroxylation is 1. The maximum Gasteiger partial charge on any atom is 0.0215 e. The summed E-state index contributed by atoms with van der Waals surface area (Å²) in [5, 5.41) is 0. The molecule has 0 amide bonds. The van der Waals surface area contributed by atoms with Gasteiger partial charge in [-0.05, 0) is 29.7 Å². The average molecular weight is 307 g/mol. The Balaban J connectivity index is 1.93. The van der Waals surface area contributed by atoms with E-state index in [2.05, 4.69) is 71.4 Å². The fraction of sp³-hybridized carbons (Fsp3) is 0.200. The van der Waals surface area contributed by atoms with Crippen molar-refractivity contribution in [3.05, 3.63) is 69.7 Å². The lowest BCUT2D eigenvalue weighted by atomic mass is 10.1. The number of halogens is 1. The van der Waals surface area contributed by atoms with Crippen LogP contribution in [0.4, 0.5) is 0 Å². The minimum absolute atomic E-state index is 1.05. The Kier molecular flexibility index (Phi) is 4.69. The molecule has 0 fully saturated rings. The third-order valence-electron chi connectivity index (χ3n) is 2.73. The van der Waals surface area contributed by atoms with Gasteiger partial charge in [0.2, 0.25) is 0 Å². The number of hydrogen-bond donors (Lipinski definition) is 0. The van der Waals surface area contributed by atoms with Gasteiger partial charge in [0.1, 0.15) is 0 Å². The average Bonchev–Trinajstić information content (AvgIpc) is 2.34. The lowest BCUT2D eigenvalue weighted by molar-refractivity contribution is 1.29. The van der Waals surface area contributed by atoms with Crippen LogP contribution in [0, 0.1) is 6.92 Å². The van der Waals surface area contributed by atoms with Gasteiger partial charge in [0, 0.05) is 16.0 Å². The van der Waals surface area contributed by atoms with Gasteiger partial charge in [-0.3, -0.25) is 0 Å². The molecule has 17 heavy (non-hydrogen) atoms. The molecule has 0 nitrogen and oxygen atoms in total. The van der Waals surface area contributed by atoms with Gasteiger partial charge in [0.25, 0.3) is 0 Å². The summed E-state index contributed by atoms with van der Waals surface area (Å²) < 4.78 is 1.21. The van der Waals surface area contributed by atoms with Crippen LogP contribution in [0.25, 0.3) is 0 Å². The minimum atomic E-state index is 1.05. The lowest BCUT2D eigenvalue weighted by Gasteiger charge is -2.06. The molecule has 2 aromatic carbocycles. The number of hydrogen-bond acceptors (Lipinski definition) is 1. The van der Waals surface area contributed by atoms with Gasteiger partial charge in [0.15, 0.2) is 0 Å². The number of rotatable bonds is 4. The highest BCUT2D eigenvalue weighted by Crippen LogP contribution is 2.24. The number of benzene rings is 2. The van der Waals surface area contributed by atoms with Crippen molar-refractivity contribution < 1.29 is 0 Å². The monoisotopic (exact) mass is 306 g/mol. The highest BCUT2D eigenvalue weighted by Gasteiger charge is 2.00. The predicted octanol–water partition coefficient (Wildman–Crippen LogP) is 5.19. The molecule has 0 atom stereocenters. The molecule has 0 saturated carbocycles. The van der Waals surface area contributed by atoms with Crippen molar-refractivity contribution in [1.29, 1.82) is 0 Å². The van der Waals surface area contributed by atoms with Gasteiger partial charge >= 0.3 is 0 Å². The van der Waals surface area contributed by atoms with E-state index in [1.165, 1.54) is 21.2 Å². The van der Waals surface area contributed by atoms with Crippen molar-refractivity contribution in [2.45, 2.75) is 18.4 Å². The molecular weight excluding hydrogens is 292 g/mol. The van der Waals surface area contributed by atoms with E-state index in [0.717, 1.165) is 11.5 Å². The van der Waals surface area contributed by atoms with Crippen LogP contribution < -0.4 is 0 Å². The molecule has 0 aliphatic rings. The molecule has 0 N–H and O–H groups in total. The molecule has 0 aliphatic heterocycles. The van der Waals surface area contributed by atoms with Crippen LogP contribution in [0.3, 0.4) is 0 Å². The summed E-state index contributed by atoms with van der Waals surface area (Å²) >= 11 is 5.54. The van der Waals surface area contributed by atoms with Crippen LogP contribution in [0.1, 0.15) is 16.7 Å². The van der Waals surface area contributed by atoms with E-state index >= 15 is 0 Å². The minimum Gasteiger partial charge on any atom is -0.152 e. The van der Waals surface area contributed by atoms with Gasteiger partial charge in [-0.15, -0.1) is 0 Å². The van der Waals surface area contributed by atoms with Crippen LogP contribution in [-0.4, -0.2) is 0 Å². The molecule has 0 saturated heterocycles.